The van der Waals surface area contributed by atoms with Crippen LogP contribution < -0.4 is 0 Å². The first kappa shape index (κ1) is 12.0. The first-order chi connectivity index (χ1) is 5.81. The fraction of sp³-hybridized carbons (Fsp3) is 0.500. The number of hydrogen-bond acceptors (Lipinski definition) is 2. The molecule has 0 heterocycles. The molecule has 0 saturated carbocycles. The van der Waals surface area contributed by atoms with Crippen molar-refractivity contribution >= 4 is 14.0 Å². The first-order valence-corrected chi connectivity index (χ1v) is 7.65. The summed E-state index contributed by atoms with van der Waals surface area (Å²) in [7, 11) is -1.34. The summed E-state index contributed by atoms with van der Waals surface area (Å²) >= 11 is 0. The highest BCUT2D eigenvalue weighted by molar-refractivity contribution is 6.83. The summed E-state index contributed by atoms with van der Waals surface area (Å²) in [4.78, 5) is 10.4. The Bertz CT molecular complexity index is 263. The van der Waals surface area contributed by atoms with Gasteiger partial charge in [-0.3, -0.25) is 4.79 Å². The van der Waals surface area contributed by atoms with Gasteiger partial charge in [0.25, 0.3) is 0 Å². The van der Waals surface area contributed by atoms with Gasteiger partial charge in [-0.1, -0.05) is 32.1 Å². The Morgan fingerprint density at radius 3 is 2.38 bits per heavy atom. The van der Waals surface area contributed by atoms with Crippen LogP contribution in [0.2, 0.25) is 19.6 Å². The molecule has 0 aliphatic carbocycles. The maximum absolute atomic E-state index is 10.4. The SMILES string of the molecule is C=C(C#C[Si](C)(C)C)COC(C)=O. The molecule has 0 radical (unpaired) electrons. The normalized spacial score (nSPS) is 9.85. The van der Waals surface area contributed by atoms with Gasteiger partial charge in [-0.25, -0.2) is 0 Å². The molecule has 0 aromatic carbocycles. The van der Waals surface area contributed by atoms with Gasteiger partial charge in [0.05, 0.1) is 0 Å². The number of ether oxygens (including phenoxy) is 1. The zero-order valence-corrected chi connectivity index (χ0v) is 9.73. The predicted molar refractivity (Wildman–Crippen MR) is 56.9 cm³/mol. The van der Waals surface area contributed by atoms with Gasteiger partial charge < -0.3 is 4.74 Å². The first-order valence-electron chi connectivity index (χ1n) is 4.15. The van der Waals surface area contributed by atoms with E-state index in [2.05, 4.69) is 37.7 Å². The second-order valence-electron chi connectivity index (χ2n) is 3.88. The molecule has 0 saturated heterocycles. The van der Waals surface area contributed by atoms with Crippen molar-refractivity contribution < 1.29 is 9.53 Å². The van der Waals surface area contributed by atoms with Crippen molar-refractivity contribution in [3.63, 3.8) is 0 Å². The molecule has 0 amide bonds. The van der Waals surface area contributed by atoms with Crippen molar-refractivity contribution in [2.24, 2.45) is 0 Å². The summed E-state index contributed by atoms with van der Waals surface area (Å²) in [6.45, 7) is 11.7. The van der Waals surface area contributed by atoms with E-state index in [9.17, 15) is 4.79 Å². The van der Waals surface area contributed by atoms with Gasteiger partial charge in [0.2, 0.25) is 0 Å². The molecule has 0 atom stereocenters. The van der Waals surface area contributed by atoms with Crippen LogP contribution in [-0.4, -0.2) is 20.7 Å². The monoisotopic (exact) mass is 196 g/mol. The van der Waals surface area contributed by atoms with Gasteiger partial charge in [0.1, 0.15) is 14.7 Å². The van der Waals surface area contributed by atoms with Crippen LogP contribution in [0.3, 0.4) is 0 Å². The van der Waals surface area contributed by atoms with Crippen LogP contribution in [0.1, 0.15) is 6.92 Å². The van der Waals surface area contributed by atoms with Crippen molar-refractivity contribution in [2.45, 2.75) is 26.6 Å². The standard InChI is InChI=1S/C10H16O2Si/c1-9(8-12-10(2)11)6-7-13(3,4)5/h1,8H2,2-5H3. The van der Waals surface area contributed by atoms with Crippen molar-refractivity contribution in [2.75, 3.05) is 6.61 Å². The highest BCUT2D eigenvalue weighted by Crippen LogP contribution is 1.98. The van der Waals surface area contributed by atoms with Gasteiger partial charge in [-0.15, -0.1) is 5.54 Å². The van der Waals surface area contributed by atoms with Gasteiger partial charge in [0, 0.05) is 12.5 Å². The maximum Gasteiger partial charge on any atom is 0.302 e. The summed E-state index contributed by atoms with van der Waals surface area (Å²) in [5, 5.41) is 0. The van der Waals surface area contributed by atoms with Crippen LogP contribution in [0.15, 0.2) is 12.2 Å². The Morgan fingerprint density at radius 1 is 1.46 bits per heavy atom. The van der Waals surface area contributed by atoms with Crippen LogP contribution in [-0.2, 0) is 9.53 Å². The van der Waals surface area contributed by atoms with E-state index in [0.29, 0.717) is 5.57 Å². The van der Waals surface area contributed by atoms with E-state index in [1.165, 1.54) is 6.92 Å². The van der Waals surface area contributed by atoms with Gasteiger partial charge in [-0.2, -0.15) is 0 Å². The number of rotatable bonds is 2. The molecule has 0 spiro atoms. The van der Waals surface area contributed by atoms with E-state index in [-0.39, 0.29) is 12.6 Å². The third kappa shape index (κ3) is 8.90. The summed E-state index contributed by atoms with van der Waals surface area (Å²) in [6, 6.07) is 0. The number of carbonyl (C=O) groups is 1. The van der Waals surface area contributed by atoms with Crippen LogP contribution in [0, 0.1) is 11.5 Å². The molecule has 0 aliphatic heterocycles. The van der Waals surface area contributed by atoms with Crippen molar-refractivity contribution in [1.82, 2.24) is 0 Å². The van der Waals surface area contributed by atoms with Crippen LogP contribution >= 0.6 is 0 Å². The molecule has 0 aliphatic rings. The summed E-state index contributed by atoms with van der Waals surface area (Å²) < 4.78 is 4.74. The average Bonchev–Trinajstić information content (AvgIpc) is 1.95. The molecule has 0 fully saturated rings. The fourth-order valence-electron chi connectivity index (χ4n) is 0.501. The Labute approximate surface area is 81.0 Å². The Hall–Kier alpha value is -1.01. The molecule has 0 N–H and O–H groups in total. The largest absolute Gasteiger partial charge is 0.460 e. The minimum atomic E-state index is -1.34. The van der Waals surface area contributed by atoms with E-state index in [1.807, 2.05) is 0 Å². The highest BCUT2D eigenvalue weighted by atomic mass is 28.3. The Kier molecular flexibility index (Phi) is 4.50. The number of hydrogen-bond donors (Lipinski definition) is 0. The molecule has 0 bridgehead atoms. The third-order valence-electron chi connectivity index (χ3n) is 1.06. The molecule has 13 heavy (non-hydrogen) atoms. The molecule has 3 heteroatoms. The molecule has 0 rings (SSSR count). The van der Waals surface area contributed by atoms with E-state index < -0.39 is 8.07 Å². The van der Waals surface area contributed by atoms with Gasteiger partial charge >= 0.3 is 5.97 Å². The predicted octanol–water partition coefficient (Wildman–Crippen LogP) is 1.99. The lowest BCUT2D eigenvalue weighted by atomic mass is 10.3. The van der Waals surface area contributed by atoms with Crippen LogP contribution in [0.25, 0.3) is 0 Å². The van der Waals surface area contributed by atoms with Crippen molar-refractivity contribution in [3.05, 3.63) is 12.2 Å². The fourth-order valence-corrected chi connectivity index (χ4v) is 1.05. The number of carbonyl (C=O) groups excluding carboxylic acids is 1. The highest BCUT2D eigenvalue weighted by Gasteiger charge is 2.07. The van der Waals surface area contributed by atoms with E-state index >= 15 is 0 Å². The van der Waals surface area contributed by atoms with Crippen LogP contribution in [0.4, 0.5) is 0 Å². The lowest BCUT2D eigenvalue weighted by Crippen LogP contribution is -2.16. The Balaban J connectivity index is 3.99. The molecular weight excluding hydrogens is 180 g/mol. The minimum absolute atomic E-state index is 0.215. The van der Waals surface area contributed by atoms with Gasteiger partial charge in [0.15, 0.2) is 0 Å². The summed E-state index contributed by atoms with van der Waals surface area (Å²) in [5.74, 6) is 2.62. The van der Waals surface area contributed by atoms with Crippen molar-refractivity contribution in [3.8, 4) is 11.5 Å². The second kappa shape index (κ2) is 4.88. The zero-order chi connectivity index (χ0) is 10.5. The minimum Gasteiger partial charge on any atom is -0.460 e. The molecule has 0 aromatic heterocycles. The molecule has 0 unspecified atom stereocenters. The van der Waals surface area contributed by atoms with Gasteiger partial charge in [-0.05, 0) is 0 Å². The number of esters is 1. The Morgan fingerprint density at radius 2 is 2.00 bits per heavy atom. The van der Waals surface area contributed by atoms with Crippen molar-refractivity contribution in [1.29, 1.82) is 0 Å². The molecule has 0 aromatic rings. The zero-order valence-electron chi connectivity index (χ0n) is 8.73. The molecule has 2 nitrogen and oxygen atoms in total. The topological polar surface area (TPSA) is 26.3 Å². The maximum atomic E-state index is 10.4. The quantitative estimate of drug-likeness (QED) is 0.383. The van der Waals surface area contributed by atoms with Crippen LogP contribution in [0.5, 0.6) is 0 Å². The van der Waals surface area contributed by atoms with E-state index in [4.69, 9.17) is 4.74 Å². The molecule has 72 valence electrons. The molecular formula is C10H16O2Si. The summed E-state index contributed by atoms with van der Waals surface area (Å²) in [5.41, 5.74) is 3.81. The summed E-state index contributed by atoms with van der Waals surface area (Å²) in [6.07, 6.45) is 0. The smallest absolute Gasteiger partial charge is 0.302 e. The lowest BCUT2D eigenvalue weighted by molar-refractivity contribution is -0.139. The van der Waals surface area contributed by atoms with E-state index in [0.717, 1.165) is 0 Å². The third-order valence-corrected chi connectivity index (χ3v) is 1.94. The lowest BCUT2D eigenvalue weighted by Gasteiger charge is -2.04. The van der Waals surface area contributed by atoms with E-state index in [1.54, 1.807) is 0 Å². The second-order valence-corrected chi connectivity index (χ2v) is 8.63. The average molecular weight is 196 g/mol.